The fourth-order valence-corrected chi connectivity index (χ4v) is 2.79. The van der Waals surface area contributed by atoms with Crippen LogP contribution in [0.3, 0.4) is 0 Å². The fraction of sp³-hybridized carbons (Fsp3) is 0.333. The highest BCUT2D eigenvalue weighted by atomic mass is 16.5. The molecule has 0 saturated carbocycles. The Morgan fingerprint density at radius 3 is 2.77 bits per heavy atom. The van der Waals surface area contributed by atoms with E-state index in [1.807, 2.05) is 20.0 Å². The maximum Gasteiger partial charge on any atom is 0.356 e. The lowest BCUT2D eigenvalue weighted by molar-refractivity contribution is 0.0160. The van der Waals surface area contributed by atoms with E-state index in [-0.39, 0.29) is 12.8 Å². The summed E-state index contributed by atoms with van der Waals surface area (Å²) in [6.07, 6.45) is 4.70. The summed E-state index contributed by atoms with van der Waals surface area (Å²) in [7, 11) is 0. The Hall–Kier alpha value is -3.18. The first kappa shape index (κ1) is 17.6. The Bertz CT molecular complexity index is 983. The molecule has 0 aliphatic heterocycles. The summed E-state index contributed by atoms with van der Waals surface area (Å²) < 4.78 is 13.8. The molecule has 3 rings (SSSR count). The average Bonchev–Trinajstić information content (AvgIpc) is 3.28. The molecule has 8 heteroatoms. The van der Waals surface area contributed by atoms with Crippen molar-refractivity contribution in [3.8, 4) is 17.2 Å². The van der Waals surface area contributed by atoms with Gasteiger partial charge in [0.15, 0.2) is 5.69 Å². The zero-order valence-corrected chi connectivity index (χ0v) is 14.8. The molecule has 0 saturated heterocycles. The van der Waals surface area contributed by atoms with Gasteiger partial charge in [-0.15, -0.1) is 0 Å². The quantitative estimate of drug-likeness (QED) is 0.633. The molecule has 0 bridgehead atoms. The van der Waals surface area contributed by atoms with Crippen LogP contribution >= 0.6 is 0 Å². The third-order valence-corrected chi connectivity index (χ3v) is 3.96. The second-order valence-corrected chi connectivity index (χ2v) is 5.54. The third kappa shape index (κ3) is 3.05. The van der Waals surface area contributed by atoms with Gasteiger partial charge >= 0.3 is 5.97 Å². The predicted molar refractivity (Wildman–Crippen MR) is 93.4 cm³/mol. The van der Waals surface area contributed by atoms with E-state index in [1.165, 1.54) is 10.7 Å². The zero-order valence-electron chi connectivity index (χ0n) is 14.8. The molecule has 3 aromatic heterocycles. The van der Waals surface area contributed by atoms with Crippen LogP contribution in [0.5, 0.6) is 0 Å². The smallest absolute Gasteiger partial charge is 0.356 e. The van der Waals surface area contributed by atoms with Gasteiger partial charge in [0.2, 0.25) is 0 Å². The van der Waals surface area contributed by atoms with Gasteiger partial charge < -0.3 is 9.47 Å². The first-order valence-corrected chi connectivity index (χ1v) is 8.34. The summed E-state index contributed by atoms with van der Waals surface area (Å²) >= 11 is 0. The van der Waals surface area contributed by atoms with E-state index in [0.717, 1.165) is 5.56 Å². The van der Waals surface area contributed by atoms with Crippen molar-refractivity contribution in [1.82, 2.24) is 19.4 Å². The normalized spacial score (nSPS) is 12.1. The summed E-state index contributed by atoms with van der Waals surface area (Å²) in [5, 5.41) is 18.0. The molecule has 0 N–H and O–H groups in total. The Labute approximate surface area is 150 Å². The molecule has 3 heterocycles. The molecule has 0 radical (unpaired) electrons. The molecule has 1 atom stereocenters. The first-order valence-electron chi connectivity index (χ1n) is 8.34. The van der Waals surface area contributed by atoms with Crippen LogP contribution < -0.4 is 0 Å². The van der Waals surface area contributed by atoms with Crippen molar-refractivity contribution < 1.29 is 14.3 Å². The van der Waals surface area contributed by atoms with Gasteiger partial charge in [-0.2, -0.15) is 15.5 Å². The largest absolute Gasteiger partial charge is 0.461 e. The lowest BCUT2D eigenvalue weighted by Gasteiger charge is -2.11. The van der Waals surface area contributed by atoms with E-state index in [0.29, 0.717) is 28.9 Å². The van der Waals surface area contributed by atoms with Gasteiger partial charge in [0, 0.05) is 23.9 Å². The monoisotopic (exact) mass is 353 g/mol. The lowest BCUT2D eigenvalue weighted by Crippen LogP contribution is -2.10. The van der Waals surface area contributed by atoms with Gasteiger partial charge in [-0.05, 0) is 32.9 Å². The summed E-state index contributed by atoms with van der Waals surface area (Å²) in [6, 6.07) is 5.54. The summed E-state index contributed by atoms with van der Waals surface area (Å²) in [5.74, 6) is -0.462. The maximum absolute atomic E-state index is 12.1. The Morgan fingerprint density at radius 1 is 1.27 bits per heavy atom. The number of aromatic nitrogens is 4. The van der Waals surface area contributed by atoms with Gasteiger partial charge in [0.05, 0.1) is 30.1 Å². The number of ether oxygens (including phenoxy) is 2. The number of carbonyl (C=O) groups is 1. The minimum Gasteiger partial charge on any atom is -0.461 e. The van der Waals surface area contributed by atoms with Crippen LogP contribution in [-0.4, -0.2) is 38.6 Å². The number of hydrogen-bond donors (Lipinski definition) is 0. The van der Waals surface area contributed by atoms with Crippen molar-refractivity contribution in [1.29, 1.82) is 5.26 Å². The molecule has 26 heavy (non-hydrogen) atoms. The fourth-order valence-electron chi connectivity index (χ4n) is 2.79. The molecule has 3 aromatic rings. The van der Waals surface area contributed by atoms with Crippen LogP contribution in [0.15, 0.2) is 30.7 Å². The molecule has 134 valence electrons. The highest BCUT2D eigenvalue weighted by Gasteiger charge is 2.19. The van der Waals surface area contributed by atoms with Gasteiger partial charge in [-0.1, -0.05) is 0 Å². The summed E-state index contributed by atoms with van der Waals surface area (Å²) in [6.45, 7) is 6.40. The van der Waals surface area contributed by atoms with E-state index < -0.39 is 5.97 Å². The Morgan fingerprint density at radius 2 is 2.08 bits per heavy atom. The van der Waals surface area contributed by atoms with Crippen molar-refractivity contribution in [2.24, 2.45) is 0 Å². The third-order valence-electron chi connectivity index (χ3n) is 3.96. The first-order chi connectivity index (χ1) is 12.6. The second-order valence-electron chi connectivity index (χ2n) is 5.54. The van der Waals surface area contributed by atoms with Gasteiger partial charge in [0.1, 0.15) is 12.3 Å². The van der Waals surface area contributed by atoms with Crippen LogP contribution in [0, 0.1) is 11.3 Å². The summed E-state index contributed by atoms with van der Waals surface area (Å²) in [4.78, 5) is 12.1. The van der Waals surface area contributed by atoms with Crippen molar-refractivity contribution in [3.05, 3.63) is 42.0 Å². The SMILES string of the molecule is CCOC(=O)c1ccc2c(-c3cnn(C(C)OCC)c3)c(C#N)cnn12. The van der Waals surface area contributed by atoms with Crippen LogP contribution in [0.1, 0.15) is 43.1 Å². The van der Waals surface area contributed by atoms with E-state index in [9.17, 15) is 10.1 Å². The number of hydrogen-bond acceptors (Lipinski definition) is 6. The van der Waals surface area contributed by atoms with Crippen LogP contribution in [-0.2, 0) is 9.47 Å². The second kappa shape index (κ2) is 7.37. The van der Waals surface area contributed by atoms with Gasteiger partial charge in [0.25, 0.3) is 0 Å². The molecular weight excluding hydrogens is 334 g/mol. The van der Waals surface area contributed by atoms with E-state index in [4.69, 9.17) is 9.47 Å². The average molecular weight is 353 g/mol. The van der Waals surface area contributed by atoms with E-state index >= 15 is 0 Å². The Balaban J connectivity index is 2.13. The standard InChI is InChI=1S/C18H19N5O3/c1-4-25-12(3)22-11-14(10-20-22)17-13(8-19)9-21-23-15(17)6-7-16(23)18(24)26-5-2/h6-7,9-12H,4-5H2,1-3H3. The van der Waals surface area contributed by atoms with Crippen molar-refractivity contribution in [2.75, 3.05) is 13.2 Å². The number of rotatable bonds is 6. The molecular formula is C18H19N5O3. The number of nitriles is 1. The number of fused-ring (bicyclic) bond motifs is 1. The van der Waals surface area contributed by atoms with Gasteiger partial charge in [-0.3, -0.25) is 0 Å². The molecule has 0 amide bonds. The molecule has 0 aliphatic rings. The molecule has 0 fully saturated rings. The lowest BCUT2D eigenvalue weighted by atomic mass is 10.1. The number of esters is 1. The molecule has 1 unspecified atom stereocenters. The van der Waals surface area contributed by atoms with Crippen LogP contribution in [0.25, 0.3) is 16.6 Å². The molecule has 8 nitrogen and oxygen atoms in total. The minimum absolute atomic E-state index is 0.223. The number of nitrogens with zero attached hydrogens (tertiary/aromatic N) is 5. The van der Waals surface area contributed by atoms with E-state index in [2.05, 4.69) is 16.3 Å². The van der Waals surface area contributed by atoms with Crippen LogP contribution in [0.4, 0.5) is 0 Å². The minimum atomic E-state index is -0.462. The van der Waals surface area contributed by atoms with Crippen LogP contribution in [0.2, 0.25) is 0 Å². The zero-order chi connectivity index (χ0) is 18.7. The predicted octanol–water partition coefficient (Wildman–Crippen LogP) is 2.80. The van der Waals surface area contributed by atoms with Crippen molar-refractivity contribution >= 4 is 11.5 Å². The van der Waals surface area contributed by atoms with E-state index in [1.54, 1.807) is 29.9 Å². The van der Waals surface area contributed by atoms with Crippen molar-refractivity contribution in [3.63, 3.8) is 0 Å². The highest BCUT2D eigenvalue weighted by Crippen LogP contribution is 2.29. The summed E-state index contributed by atoms with van der Waals surface area (Å²) in [5.41, 5.74) is 2.75. The Kier molecular flexibility index (Phi) is 5.00. The molecule has 0 aliphatic carbocycles. The number of carbonyl (C=O) groups excluding carboxylic acids is 1. The van der Waals surface area contributed by atoms with Gasteiger partial charge in [-0.25, -0.2) is 14.0 Å². The van der Waals surface area contributed by atoms with Crippen molar-refractivity contribution in [2.45, 2.75) is 27.0 Å². The molecule has 0 spiro atoms. The maximum atomic E-state index is 12.1. The topological polar surface area (TPSA) is 94.4 Å². The highest BCUT2D eigenvalue weighted by molar-refractivity contribution is 5.92. The molecule has 0 aromatic carbocycles.